The van der Waals surface area contributed by atoms with Crippen LogP contribution in [-0.2, 0) is 6.54 Å². The van der Waals surface area contributed by atoms with Crippen LogP contribution in [0.25, 0.3) is 0 Å². The van der Waals surface area contributed by atoms with Crippen LogP contribution in [0.15, 0.2) is 24.3 Å². The molecule has 0 saturated carbocycles. The van der Waals surface area contributed by atoms with Crippen LogP contribution in [0.2, 0.25) is 19.6 Å². The molecular formula is C12H19NOSSi. The van der Waals surface area contributed by atoms with Gasteiger partial charge in [-0.2, -0.15) is 0 Å². The Morgan fingerprint density at radius 2 is 2.00 bits per heavy atom. The number of hydrogen-bond donors (Lipinski definition) is 1. The van der Waals surface area contributed by atoms with Gasteiger partial charge in [-0.15, -0.1) is 12.6 Å². The van der Waals surface area contributed by atoms with E-state index in [-0.39, 0.29) is 5.12 Å². The first-order valence-corrected chi connectivity index (χ1v) is 9.23. The van der Waals surface area contributed by atoms with Crippen molar-refractivity contribution in [1.29, 1.82) is 0 Å². The first-order valence-electron chi connectivity index (χ1n) is 5.34. The van der Waals surface area contributed by atoms with Gasteiger partial charge in [-0.3, -0.25) is 4.79 Å². The highest BCUT2D eigenvalue weighted by atomic mass is 32.1. The molecule has 1 aromatic carbocycles. The van der Waals surface area contributed by atoms with E-state index in [0.29, 0.717) is 5.56 Å². The van der Waals surface area contributed by atoms with Crippen LogP contribution < -0.4 is 0 Å². The van der Waals surface area contributed by atoms with Gasteiger partial charge in [0.05, 0.1) is 0 Å². The van der Waals surface area contributed by atoms with Gasteiger partial charge in [0.25, 0.3) is 0 Å². The van der Waals surface area contributed by atoms with Gasteiger partial charge in [-0.1, -0.05) is 37.8 Å². The Labute approximate surface area is 104 Å². The minimum Gasteiger partial charge on any atom is -0.323 e. The highest BCUT2D eigenvalue weighted by Crippen LogP contribution is 2.14. The smallest absolute Gasteiger partial charge is 0.216 e. The Hall–Kier alpha value is -0.583. The molecule has 4 heteroatoms. The summed E-state index contributed by atoms with van der Waals surface area (Å²) in [6.45, 7) is 7.81. The van der Waals surface area contributed by atoms with Gasteiger partial charge in [-0.25, -0.2) is 0 Å². The molecule has 0 N–H and O–H groups in total. The highest BCUT2D eigenvalue weighted by Gasteiger charge is 2.19. The predicted octanol–water partition coefficient (Wildman–Crippen LogP) is 3.02. The largest absolute Gasteiger partial charge is 0.323 e. The van der Waals surface area contributed by atoms with E-state index >= 15 is 0 Å². The summed E-state index contributed by atoms with van der Waals surface area (Å²) in [5.74, 6) is 0. The molecule has 88 valence electrons. The van der Waals surface area contributed by atoms with Crippen molar-refractivity contribution in [3.05, 3.63) is 35.4 Å². The van der Waals surface area contributed by atoms with Crippen molar-refractivity contribution >= 4 is 26.0 Å². The Morgan fingerprint density at radius 3 is 2.50 bits per heavy atom. The van der Waals surface area contributed by atoms with Crippen molar-refractivity contribution in [3.8, 4) is 0 Å². The predicted molar refractivity (Wildman–Crippen MR) is 74.6 cm³/mol. The first-order chi connectivity index (χ1) is 7.30. The van der Waals surface area contributed by atoms with E-state index < -0.39 is 8.24 Å². The van der Waals surface area contributed by atoms with Crippen molar-refractivity contribution in [2.24, 2.45) is 0 Å². The summed E-state index contributed by atoms with van der Waals surface area (Å²) in [5, 5.41) is -0.169. The molecule has 0 aromatic heterocycles. The maximum absolute atomic E-state index is 11.1. The lowest BCUT2D eigenvalue weighted by Crippen LogP contribution is -2.42. The van der Waals surface area contributed by atoms with Gasteiger partial charge in [-0.05, 0) is 18.7 Å². The van der Waals surface area contributed by atoms with Gasteiger partial charge < -0.3 is 4.57 Å². The number of carbonyl (C=O) groups is 1. The SMILES string of the molecule is CN(Cc1cccc(C(=O)S)c1)[Si](C)(C)C. The van der Waals surface area contributed by atoms with Crippen molar-refractivity contribution in [3.63, 3.8) is 0 Å². The van der Waals surface area contributed by atoms with E-state index in [1.165, 1.54) is 5.56 Å². The molecule has 16 heavy (non-hydrogen) atoms. The third-order valence-corrected chi connectivity index (χ3v) is 5.45. The summed E-state index contributed by atoms with van der Waals surface area (Å²) in [7, 11) is 0.882. The lowest BCUT2D eigenvalue weighted by Gasteiger charge is -2.30. The van der Waals surface area contributed by atoms with E-state index in [9.17, 15) is 4.79 Å². The van der Waals surface area contributed by atoms with Crippen LogP contribution in [0.5, 0.6) is 0 Å². The van der Waals surface area contributed by atoms with Crippen LogP contribution >= 0.6 is 12.6 Å². The fourth-order valence-electron chi connectivity index (χ4n) is 1.31. The van der Waals surface area contributed by atoms with Gasteiger partial charge in [0.2, 0.25) is 5.12 Å². The third-order valence-electron chi connectivity index (χ3n) is 2.74. The van der Waals surface area contributed by atoms with Crippen LogP contribution in [0.3, 0.4) is 0 Å². The first kappa shape index (κ1) is 13.5. The molecule has 0 amide bonds. The van der Waals surface area contributed by atoms with Gasteiger partial charge in [0, 0.05) is 12.1 Å². The summed E-state index contributed by atoms with van der Waals surface area (Å²) in [5.41, 5.74) is 1.84. The fourth-order valence-corrected chi connectivity index (χ4v) is 2.11. The molecule has 0 atom stereocenters. The van der Waals surface area contributed by atoms with Crippen LogP contribution in [0.1, 0.15) is 15.9 Å². The minimum atomic E-state index is -1.26. The van der Waals surface area contributed by atoms with Gasteiger partial charge in [0.1, 0.15) is 8.24 Å². The lowest BCUT2D eigenvalue weighted by atomic mass is 10.1. The number of benzene rings is 1. The second-order valence-corrected chi connectivity index (χ2v) is 10.5. The average Bonchev–Trinajstić information content (AvgIpc) is 2.16. The molecule has 0 aliphatic heterocycles. The summed E-state index contributed by atoms with van der Waals surface area (Å²) < 4.78 is 2.38. The van der Waals surface area contributed by atoms with Crippen molar-refractivity contribution in [2.45, 2.75) is 26.2 Å². The van der Waals surface area contributed by atoms with Gasteiger partial charge in [0.15, 0.2) is 0 Å². The molecule has 2 nitrogen and oxygen atoms in total. The highest BCUT2D eigenvalue weighted by molar-refractivity contribution is 7.97. The summed E-state index contributed by atoms with van der Waals surface area (Å²) >= 11 is 3.84. The van der Waals surface area contributed by atoms with E-state index in [4.69, 9.17) is 0 Å². The summed E-state index contributed by atoms with van der Waals surface area (Å²) in [6, 6.07) is 7.69. The number of hydrogen-bond acceptors (Lipinski definition) is 2. The van der Waals surface area contributed by atoms with Crippen molar-refractivity contribution in [1.82, 2.24) is 4.57 Å². The average molecular weight is 253 g/mol. The quantitative estimate of drug-likeness (QED) is 0.657. The lowest BCUT2D eigenvalue weighted by molar-refractivity contribution is 0.109. The Kier molecular flexibility index (Phi) is 4.35. The molecule has 0 aliphatic carbocycles. The molecule has 0 saturated heterocycles. The monoisotopic (exact) mass is 253 g/mol. The second-order valence-electron chi connectivity index (χ2n) is 5.03. The van der Waals surface area contributed by atoms with Gasteiger partial charge >= 0.3 is 0 Å². The van der Waals surface area contributed by atoms with Crippen LogP contribution in [0.4, 0.5) is 0 Å². The molecule has 0 radical (unpaired) electrons. The van der Waals surface area contributed by atoms with E-state index in [1.54, 1.807) is 6.07 Å². The number of nitrogens with zero attached hydrogens (tertiary/aromatic N) is 1. The molecule has 0 bridgehead atoms. The number of rotatable bonds is 4. The molecule has 0 heterocycles. The van der Waals surface area contributed by atoms with Crippen LogP contribution in [-0.4, -0.2) is 25.0 Å². The maximum atomic E-state index is 11.1. The molecule has 0 spiro atoms. The summed E-state index contributed by atoms with van der Waals surface area (Å²) in [4.78, 5) is 11.1. The zero-order valence-corrected chi connectivity index (χ0v) is 12.2. The van der Waals surface area contributed by atoms with E-state index in [1.807, 2.05) is 12.1 Å². The molecule has 1 aromatic rings. The topological polar surface area (TPSA) is 20.3 Å². The normalized spacial score (nSPS) is 11.9. The standard InChI is InChI=1S/C12H19NOSSi/c1-13(16(2,3)4)9-10-6-5-7-11(8-10)12(14)15/h5-8H,9H2,1-4H3,(H,14,15). The second kappa shape index (κ2) is 5.16. The minimum absolute atomic E-state index is 0.169. The molecular weight excluding hydrogens is 234 g/mol. The van der Waals surface area contributed by atoms with E-state index in [0.717, 1.165) is 6.54 Å². The van der Waals surface area contributed by atoms with Crippen molar-refractivity contribution in [2.75, 3.05) is 7.05 Å². The fraction of sp³-hybridized carbons (Fsp3) is 0.417. The Balaban J connectivity index is 2.82. The molecule has 1 rings (SSSR count). The Morgan fingerprint density at radius 1 is 1.38 bits per heavy atom. The maximum Gasteiger partial charge on any atom is 0.216 e. The Bertz CT molecular complexity index is 387. The third kappa shape index (κ3) is 3.77. The molecule has 0 fully saturated rings. The number of thiol groups is 1. The molecule has 0 aliphatic rings. The summed E-state index contributed by atoms with van der Waals surface area (Å²) in [6.07, 6.45) is 0. The van der Waals surface area contributed by atoms with Crippen LogP contribution in [0, 0.1) is 0 Å². The van der Waals surface area contributed by atoms with Crippen molar-refractivity contribution < 1.29 is 4.79 Å². The molecule has 0 unspecified atom stereocenters. The van der Waals surface area contributed by atoms with E-state index in [2.05, 4.69) is 49.9 Å². The number of carbonyl (C=O) groups excluding carboxylic acids is 1. The zero-order chi connectivity index (χ0) is 12.3. The zero-order valence-electron chi connectivity index (χ0n) is 10.3.